The molecule has 0 fully saturated rings. The summed E-state index contributed by atoms with van der Waals surface area (Å²) in [6.07, 6.45) is 0.0460. The van der Waals surface area contributed by atoms with Crippen LogP contribution < -0.4 is 5.32 Å². The van der Waals surface area contributed by atoms with Gasteiger partial charge in [0.1, 0.15) is 0 Å². The number of esters is 1. The molecular weight excluding hydrogens is 262 g/mol. The third kappa shape index (κ3) is 5.09. The SMILES string of the molecule is COC(=O)c1cccc(NC(=O)CC(C)CC(=O)O)c1. The Labute approximate surface area is 116 Å². The molecule has 1 aromatic carbocycles. The molecule has 0 aliphatic carbocycles. The zero-order valence-electron chi connectivity index (χ0n) is 11.4. The first-order chi connectivity index (χ1) is 9.42. The molecule has 1 unspecified atom stereocenters. The number of carbonyl (C=O) groups is 3. The van der Waals surface area contributed by atoms with Crippen molar-refractivity contribution in [3.8, 4) is 0 Å². The van der Waals surface area contributed by atoms with Gasteiger partial charge in [-0.25, -0.2) is 4.79 Å². The van der Waals surface area contributed by atoms with Gasteiger partial charge in [-0.3, -0.25) is 9.59 Å². The molecular formula is C14H17NO5. The molecule has 1 aromatic rings. The third-order valence-electron chi connectivity index (χ3n) is 2.62. The van der Waals surface area contributed by atoms with Crippen molar-refractivity contribution in [2.45, 2.75) is 19.8 Å². The maximum atomic E-state index is 11.7. The molecule has 108 valence electrons. The van der Waals surface area contributed by atoms with E-state index in [0.29, 0.717) is 11.3 Å². The van der Waals surface area contributed by atoms with Crippen LogP contribution in [-0.4, -0.2) is 30.1 Å². The summed E-state index contributed by atoms with van der Waals surface area (Å²) in [7, 11) is 1.28. The Kier molecular flexibility index (Phi) is 5.71. The van der Waals surface area contributed by atoms with Crippen LogP contribution >= 0.6 is 0 Å². The van der Waals surface area contributed by atoms with E-state index in [1.54, 1.807) is 25.1 Å². The quantitative estimate of drug-likeness (QED) is 0.776. The second-order valence-corrected chi connectivity index (χ2v) is 4.53. The van der Waals surface area contributed by atoms with Crippen molar-refractivity contribution in [3.05, 3.63) is 29.8 Å². The molecule has 0 heterocycles. The summed E-state index contributed by atoms with van der Waals surface area (Å²) >= 11 is 0. The van der Waals surface area contributed by atoms with Crippen LogP contribution in [0.3, 0.4) is 0 Å². The summed E-state index contributed by atoms with van der Waals surface area (Å²) in [5, 5.41) is 11.3. The molecule has 6 heteroatoms. The first-order valence-electron chi connectivity index (χ1n) is 6.12. The molecule has 0 radical (unpaired) electrons. The number of hydrogen-bond acceptors (Lipinski definition) is 4. The largest absolute Gasteiger partial charge is 0.481 e. The monoisotopic (exact) mass is 279 g/mol. The normalized spacial score (nSPS) is 11.5. The fraction of sp³-hybridized carbons (Fsp3) is 0.357. The number of carboxylic acid groups (broad SMARTS) is 1. The van der Waals surface area contributed by atoms with Gasteiger partial charge in [0.25, 0.3) is 0 Å². The molecule has 1 rings (SSSR count). The minimum Gasteiger partial charge on any atom is -0.481 e. The molecule has 0 spiro atoms. The van der Waals surface area contributed by atoms with Gasteiger partial charge in [-0.05, 0) is 24.1 Å². The fourth-order valence-corrected chi connectivity index (χ4v) is 1.74. The third-order valence-corrected chi connectivity index (χ3v) is 2.62. The molecule has 1 atom stereocenters. The van der Waals surface area contributed by atoms with Gasteiger partial charge >= 0.3 is 11.9 Å². The Morgan fingerprint density at radius 3 is 2.60 bits per heavy atom. The average Bonchev–Trinajstić information content (AvgIpc) is 2.36. The van der Waals surface area contributed by atoms with Gasteiger partial charge in [-0.15, -0.1) is 0 Å². The summed E-state index contributed by atoms with van der Waals surface area (Å²) in [6.45, 7) is 1.69. The predicted octanol–water partition coefficient (Wildman–Crippen LogP) is 1.91. The standard InChI is InChI=1S/C14H17NO5/c1-9(7-13(17)18)6-12(16)15-11-5-3-4-10(8-11)14(19)20-2/h3-5,8-9H,6-7H2,1-2H3,(H,15,16)(H,17,18). The Morgan fingerprint density at radius 1 is 1.30 bits per heavy atom. The minimum atomic E-state index is -0.932. The van der Waals surface area contributed by atoms with Crippen LogP contribution in [0.15, 0.2) is 24.3 Å². The number of methoxy groups -OCH3 is 1. The zero-order chi connectivity index (χ0) is 15.1. The maximum absolute atomic E-state index is 11.7. The molecule has 0 bridgehead atoms. The fourth-order valence-electron chi connectivity index (χ4n) is 1.74. The highest BCUT2D eigenvalue weighted by molar-refractivity contribution is 5.94. The molecule has 0 saturated carbocycles. The summed E-state index contributed by atoms with van der Waals surface area (Å²) in [5.74, 6) is -1.96. The van der Waals surface area contributed by atoms with Crippen LogP contribution in [0.2, 0.25) is 0 Å². The molecule has 20 heavy (non-hydrogen) atoms. The highest BCUT2D eigenvalue weighted by atomic mass is 16.5. The molecule has 2 N–H and O–H groups in total. The highest BCUT2D eigenvalue weighted by Gasteiger charge is 2.13. The van der Waals surface area contributed by atoms with Crippen molar-refractivity contribution < 1.29 is 24.2 Å². The lowest BCUT2D eigenvalue weighted by atomic mass is 10.0. The Hall–Kier alpha value is -2.37. The molecule has 0 saturated heterocycles. The van der Waals surface area contributed by atoms with Crippen molar-refractivity contribution in [1.82, 2.24) is 0 Å². The van der Waals surface area contributed by atoms with Crippen molar-refractivity contribution in [2.24, 2.45) is 5.92 Å². The molecule has 1 amide bonds. The van der Waals surface area contributed by atoms with Crippen LogP contribution in [0, 0.1) is 5.92 Å². The smallest absolute Gasteiger partial charge is 0.337 e. The Balaban J connectivity index is 2.62. The van der Waals surface area contributed by atoms with Crippen molar-refractivity contribution >= 4 is 23.5 Å². The van der Waals surface area contributed by atoms with E-state index in [0.717, 1.165) is 0 Å². The van der Waals surface area contributed by atoms with E-state index in [4.69, 9.17) is 5.11 Å². The Bertz CT molecular complexity index is 512. The lowest BCUT2D eigenvalue weighted by Crippen LogP contribution is -2.17. The second-order valence-electron chi connectivity index (χ2n) is 4.53. The topological polar surface area (TPSA) is 92.7 Å². The molecule has 6 nitrogen and oxygen atoms in total. The van der Waals surface area contributed by atoms with Gasteiger partial charge < -0.3 is 15.2 Å². The van der Waals surface area contributed by atoms with E-state index in [1.807, 2.05) is 0 Å². The van der Waals surface area contributed by atoms with Gasteiger partial charge in [0.15, 0.2) is 0 Å². The number of benzene rings is 1. The average molecular weight is 279 g/mol. The summed E-state index contributed by atoms with van der Waals surface area (Å²) in [5.41, 5.74) is 0.810. The van der Waals surface area contributed by atoms with E-state index in [1.165, 1.54) is 13.2 Å². The van der Waals surface area contributed by atoms with Crippen LogP contribution in [0.5, 0.6) is 0 Å². The van der Waals surface area contributed by atoms with Crippen molar-refractivity contribution in [1.29, 1.82) is 0 Å². The second kappa shape index (κ2) is 7.28. The number of rotatable bonds is 6. The van der Waals surface area contributed by atoms with Crippen LogP contribution in [0.4, 0.5) is 5.69 Å². The number of anilines is 1. The number of aliphatic carboxylic acids is 1. The summed E-state index contributed by atoms with van der Waals surface area (Å²) < 4.78 is 4.59. The molecule has 0 aliphatic rings. The van der Waals surface area contributed by atoms with Gasteiger partial charge in [-0.1, -0.05) is 13.0 Å². The van der Waals surface area contributed by atoms with Crippen molar-refractivity contribution in [3.63, 3.8) is 0 Å². The van der Waals surface area contributed by atoms with Gasteiger partial charge in [-0.2, -0.15) is 0 Å². The lowest BCUT2D eigenvalue weighted by Gasteiger charge is -2.10. The van der Waals surface area contributed by atoms with Crippen LogP contribution in [-0.2, 0) is 14.3 Å². The number of hydrogen-bond donors (Lipinski definition) is 2. The number of carboxylic acids is 1. The van der Waals surface area contributed by atoms with E-state index in [2.05, 4.69) is 10.1 Å². The lowest BCUT2D eigenvalue weighted by molar-refractivity contribution is -0.138. The van der Waals surface area contributed by atoms with Gasteiger partial charge in [0.05, 0.1) is 12.7 Å². The molecule has 0 aliphatic heterocycles. The van der Waals surface area contributed by atoms with Crippen LogP contribution in [0.25, 0.3) is 0 Å². The summed E-state index contributed by atoms with van der Waals surface area (Å²) in [6, 6.07) is 6.36. The van der Waals surface area contributed by atoms with E-state index >= 15 is 0 Å². The van der Waals surface area contributed by atoms with E-state index < -0.39 is 11.9 Å². The van der Waals surface area contributed by atoms with Crippen molar-refractivity contribution in [2.75, 3.05) is 12.4 Å². The number of nitrogens with one attached hydrogen (secondary N) is 1. The maximum Gasteiger partial charge on any atom is 0.337 e. The first kappa shape index (κ1) is 15.7. The van der Waals surface area contributed by atoms with E-state index in [-0.39, 0.29) is 24.7 Å². The van der Waals surface area contributed by atoms with Crippen LogP contribution in [0.1, 0.15) is 30.1 Å². The highest BCUT2D eigenvalue weighted by Crippen LogP contribution is 2.14. The van der Waals surface area contributed by atoms with E-state index in [9.17, 15) is 14.4 Å². The first-order valence-corrected chi connectivity index (χ1v) is 6.12. The minimum absolute atomic E-state index is 0.0599. The number of carbonyl (C=O) groups excluding carboxylic acids is 2. The van der Waals surface area contributed by atoms with Gasteiger partial charge in [0.2, 0.25) is 5.91 Å². The molecule has 0 aromatic heterocycles. The summed E-state index contributed by atoms with van der Waals surface area (Å²) in [4.78, 5) is 33.6. The number of amides is 1. The zero-order valence-corrected chi connectivity index (χ0v) is 11.4. The van der Waals surface area contributed by atoms with Gasteiger partial charge in [0, 0.05) is 18.5 Å². The Morgan fingerprint density at radius 2 is 2.00 bits per heavy atom. The number of ether oxygens (including phenoxy) is 1. The predicted molar refractivity (Wildman–Crippen MR) is 72.4 cm³/mol.